The van der Waals surface area contributed by atoms with Crippen molar-refractivity contribution in [1.29, 1.82) is 0 Å². The molecule has 4 heteroatoms. The van der Waals surface area contributed by atoms with Crippen molar-refractivity contribution in [3.05, 3.63) is 29.8 Å². The lowest BCUT2D eigenvalue weighted by atomic mass is 9.53. The molecular weight excluding hydrogens is 358 g/mol. The van der Waals surface area contributed by atoms with E-state index < -0.39 is 0 Å². The number of anilines is 1. The highest BCUT2D eigenvalue weighted by atomic mass is 16.2. The molecule has 1 atom stereocenters. The van der Waals surface area contributed by atoms with Gasteiger partial charge in [0, 0.05) is 30.4 Å². The minimum atomic E-state index is -0.0117. The van der Waals surface area contributed by atoms with E-state index in [4.69, 9.17) is 0 Å². The van der Waals surface area contributed by atoms with Crippen molar-refractivity contribution in [2.45, 2.75) is 82.8 Å². The van der Waals surface area contributed by atoms with Crippen LogP contribution in [0.3, 0.4) is 0 Å². The van der Waals surface area contributed by atoms with Crippen molar-refractivity contribution in [2.75, 3.05) is 18.4 Å². The van der Waals surface area contributed by atoms with Crippen LogP contribution in [0.2, 0.25) is 0 Å². The molecule has 6 rings (SSSR count). The van der Waals surface area contributed by atoms with E-state index in [0.717, 1.165) is 43.7 Å². The number of amides is 1. The van der Waals surface area contributed by atoms with Crippen LogP contribution in [-0.4, -0.2) is 41.5 Å². The molecule has 4 bridgehead atoms. The molecule has 1 heterocycles. The Bertz CT molecular complexity index is 717. The van der Waals surface area contributed by atoms with Crippen molar-refractivity contribution >= 4 is 11.6 Å². The van der Waals surface area contributed by atoms with Crippen LogP contribution in [0.4, 0.5) is 5.69 Å². The number of benzene rings is 1. The fourth-order valence-corrected chi connectivity index (χ4v) is 7.18. The monoisotopic (exact) mass is 395 g/mol. The third-order valence-corrected chi connectivity index (χ3v) is 8.39. The topological polar surface area (TPSA) is 44.4 Å². The van der Waals surface area contributed by atoms with Gasteiger partial charge in [-0.25, -0.2) is 0 Å². The number of rotatable bonds is 5. The van der Waals surface area contributed by atoms with E-state index in [9.17, 15) is 4.79 Å². The first-order valence-electron chi connectivity index (χ1n) is 11.9. The van der Waals surface area contributed by atoms with Gasteiger partial charge in [-0.2, -0.15) is 0 Å². The Kier molecular flexibility index (Phi) is 5.09. The summed E-state index contributed by atoms with van der Waals surface area (Å²) in [4.78, 5) is 15.6. The highest BCUT2D eigenvalue weighted by molar-refractivity contribution is 5.82. The van der Waals surface area contributed by atoms with Crippen molar-refractivity contribution in [3.8, 4) is 0 Å². The molecule has 1 amide bonds. The van der Waals surface area contributed by atoms with Crippen LogP contribution in [0, 0.1) is 24.7 Å². The van der Waals surface area contributed by atoms with Gasteiger partial charge in [-0.1, -0.05) is 18.2 Å². The van der Waals surface area contributed by atoms with Gasteiger partial charge in [-0.15, -0.1) is 0 Å². The van der Waals surface area contributed by atoms with Gasteiger partial charge >= 0.3 is 0 Å². The number of para-hydroxylation sites is 1. The molecule has 1 aliphatic heterocycles. The largest absolute Gasteiger partial charge is 0.382 e. The molecule has 0 spiro atoms. The number of likely N-dealkylation sites (tertiary alicyclic amines) is 1. The van der Waals surface area contributed by atoms with E-state index in [-0.39, 0.29) is 17.5 Å². The molecule has 1 aromatic carbocycles. The summed E-state index contributed by atoms with van der Waals surface area (Å²) in [5.41, 5.74) is 2.68. The van der Waals surface area contributed by atoms with Crippen LogP contribution in [0.5, 0.6) is 0 Å². The number of carbonyl (C=O) groups is 1. The van der Waals surface area contributed by atoms with Gasteiger partial charge in [0.25, 0.3) is 0 Å². The van der Waals surface area contributed by atoms with Gasteiger partial charge in [0.1, 0.15) is 0 Å². The molecule has 4 aliphatic carbocycles. The van der Waals surface area contributed by atoms with Crippen molar-refractivity contribution in [3.63, 3.8) is 0 Å². The quantitative estimate of drug-likeness (QED) is 0.779. The minimum absolute atomic E-state index is 0.0117. The molecule has 1 saturated heterocycles. The number of hydrogen-bond donors (Lipinski definition) is 2. The second-order valence-corrected chi connectivity index (χ2v) is 10.6. The zero-order valence-corrected chi connectivity index (χ0v) is 18.1. The maximum atomic E-state index is 13.2. The fourth-order valence-electron chi connectivity index (χ4n) is 7.18. The van der Waals surface area contributed by atoms with E-state index in [0.29, 0.717) is 6.04 Å². The number of hydrogen-bond acceptors (Lipinski definition) is 3. The van der Waals surface area contributed by atoms with E-state index in [1.807, 2.05) is 0 Å². The lowest BCUT2D eigenvalue weighted by Gasteiger charge is -2.57. The Morgan fingerprint density at radius 2 is 1.62 bits per heavy atom. The Labute approximate surface area is 175 Å². The van der Waals surface area contributed by atoms with Crippen molar-refractivity contribution in [2.24, 2.45) is 17.8 Å². The maximum Gasteiger partial charge on any atom is 0.237 e. The zero-order valence-electron chi connectivity index (χ0n) is 18.1. The Hall–Kier alpha value is -1.55. The first kappa shape index (κ1) is 19.4. The molecule has 4 nitrogen and oxygen atoms in total. The van der Waals surface area contributed by atoms with Crippen LogP contribution in [0.1, 0.15) is 63.9 Å². The zero-order chi connectivity index (χ0) is 20.0. The lowest BCUT2D eigenvalue weighted by Crippen LogP contribution is -2.62. The molecule has 5 fully saturated rings. The third kappa shape index (κ3) is 3.93. The number of nitrogens with one attached hydrogen (secondary N) is 2. The van der Waals surface area contributed by atoms with E-state index in [2.05, 4.69) is 53.6 Å². The normalized spacial score (nSPS) is 35.4. The molecule has 5 aliphatic rings. The lowest BCUT2D eigenvalue weighted by molar-refractivity contribution is -0.132. The Morgan fingerprint density at radius 3 is 2.21 bits per heavy atom. The van der Waals surface area contributed by atoms with E-state index in [1.165, 1.54) is 49.8 Å². The summed E-state index contributed by atoms with van der Waals surface area (Å²) in [6.45, 7) is 6.28. The number of piperidine rings is 1. The van der Waals surface area contributed by atoms with Gasteiger partial charge < -0.3 is 10.6 Å². The summed E-state index contributed by atoms with van der Waals surface area (Å²) >= 11 is 0. The molecule has 0 radical (unpaired) electrons. The SMILES string of the molecule is Cc1ccccc1NC1CCN(C(C)C(=O)NC23CC4CC(CC(C4)C2)C3)CC1. The number of aryl methyl sites for hydroxylation is 1. The van der Waals surface area contributed by atoms with Crippen LogP contribution in [0.15, 0.2) is 24.3 Å². The summed E-state index contributed by atoms with van der Waals surface area (Å²) in [7, 11) is 0. The molecule has 0 aromatic heterocycles. The Morgan fingerprint density at radius 1 is 1.03 bits per heavy atom. The van der Waals surface area contributed by atoms with Crippen LogP contribution < -0.4 is 10.6 Å². The summed E-state index contributed by atoms with van der Waals surface area (Å²) in [6.07, 6.45) is 10.2. The van der Waals surface area contributed by atoms with E-state index >= 15 is 0 Å². The average molecular weight is 396 g/mol. The summed E-state index contributed by atoms with van der Waals surface area (Å²) in [5, 5.41) is 7.30. The fraction of sp³-hybridized carbons (Fsp3) is 0.720. The van der Waals surface area contributed by atoms with Crippen molar-refractivity contribution < 1.29 is 4.79 Å². The average Bonchev–Trinajstić information content (AvgIpc) is 2.68. The predicted molar refractivity (Wildman–Crippen MR) is 118 cm³/mol. The number of nitrogens with zero attached hydrogens (tertiary/aromatic N) is 1. The van der Waals surface area contributed by atoms with Gasteiger partial charge in [-0.05, 0) is 94.6 Å². The standard InChI is InChI=1S/C25H37N3O/c1-17-5-3-4-6-23(17)26-22-7-9-28(10-8-22)18(2)24(29)27-25-14-19-11-20(15-25)13-21(12-19)16-25/h3-6,18-22,26H,7-16H2,1-2H3,(H,27,29). The van der Waals surface area contributed by atoms with Gasteiger partial charge in [0.15, 0.2) is 0 Å². The molecule has 2 N–H and O–H groups in total. The highest BCUT2D eigenvalue weighted by Gasteiger charge is 2.51. The van der Waals surface area contributed by atoms with Crippen LogP contribution >= 0.6 is 0 Å². The molecule has 4 saturated carbocycles. The third-order valence-electron chi connectivity index (χ3n) is 8.39. The molecule has 29 heavy (non-hydrogen) atoms. The smallest absolute Gasteiger partial charge is 0.237 e. The van der Waals surface area contributed by atoms with Crippen LogP contribution in [-0.2, 0) is 4.79 Å². The molecule has 158 valence electrons. The first-order valence-corrected chi connectivity index (χ1v) is 11.9. The van der Waals surface area contributed by atoms with E-state index in [1.54, 1.807) is 0 Å². The van der Waals surface area contributed by atoms with Crippen LogP contribution in [0.25, 0.3) is 0 Å². The summed E-state index contributed by atoms with van der Waals surface area (Å²) in [5.74, 6) is 2.90. The molecule has 1 unspecified atom stereocenters. The summed E-state index contributed by atoms with van der Waals surface area (Å²) < 4.78 is 0. The second-order valence-electron chi connectivity index (χ2n) is 10.6. The number of carbonyl (C=O) groups excluding carboxylic acids is 1. The maximum absolute atomic E-state index is 13.2. The Balaban J connectivity index is 1.14. The molecule has 1 aromatic rings. The first-order chi connectivity index (χ1) is 14.0. The van der Waals surface area contributed by atoms with Gasteiger partial charge in [-0.3, -0.25) is 9.69 Å². The predicted octanol–water partition coefficient (Wildman–Crippen LogP) is 4.34. The molecular formula is C25H37N3O. The highest BCUT2D eigenvalue weighted by Crippen LogP contribution is 2.55. The van der Waals surface area contributed by atoms with Crippen molar-refractivity contribution in [1.82, 2.24) is 10.2 Å². The van der Waals surface area contributed by atoms with Gasteiger partial charge in [0.2, 0.25) is 5.91 Å². The van der Waals surface area contributed by atoms with Gasteiger partial charge in [0.05, 0.1) is 6.04 Å². The second kappa shape index (κ2) is 7.61. The minimum Gasteiger partial charge on any atom is -0.382 e. The summed E-state index contributed by atoms with van der Waals surface area (Å²) in [6, 6.07) is 9.01.